The summed E-state index contributed by atoms with van der Waals surface area (Å²) in [5.41, 5.74) is 2.19. The van der Waals surface area contributed by atoms with Crippen molar-refractivity contribution in [1.82, 2.24) is 14.8 Å². The molecule has 0 N–H and O–H groups in total. The predicted octanol–water partition coefficient (Wildman–Crippen LogP) is 4.87. The lowest BCUT2D eigenvalue weighted by molar-refractivity contribution is 0.343. The fourth-order valence-electron chi connectivity index (χ4n) is 2.87. The summed E-state index contributed by atoms with van der Waals surface area (Å²) in [6.45, 7) is 7.23. The highest BCUT2D eigenvalue weighted by Crippen LogP contribution is 2.30. The molecule has 3 aromatic rings. The molecule has 0 spiro atoms. The predicted molar refractivity (Wildman–Crippen MR) is 114 cm³/mol. The van der Waals surface area contributed by atoms with Crippen molar-refractivity contribution in [1.29, 1.82) is 0 Å². The van der Waals surface area contributed by atoms with Crippen molar-refractivity contribution in [2.24, 2.45) is 0 Å². The van der Waals surface area contributed by atoms with Gasteiger partial charge in [0.2, 0.25) is 0 Å². The molecule has 0 radical (unpaired) electrons. The van der Waals surface area contributed by atoms with Crippen molar-refractivity contribution in [3.8, 4) is 22.9 Å². The van der Waals surface area contributed by atoms with E-state index >= 15 is 0 Å². The second-order valence-corrected chi connectivity index (χ2v) is 7.17. The number of para-hydroxylation sites is 1. The topological polar surface area (TPSA) is 49.2 Å². The fourth-order valence-corrected chi connectivity index (χ4v) is 3.63. The molecule has 0 fully saturated rings. The molecule has 0 atom stereocenters. The van der Waals surface area contributed by atoms with Crippen LogP contribution in [0.15, 0.2) is 66.3 Å². The van der Waals surface area contributed by atoms with Crippen LogP contribution in [0.3, 0.4) is 0 Å². The first kappa shape index (κ1) is 20.0. The van der Waals surface area contributed by atoms with E-state index in [9.17, 15) is 0 Å². The van der Waals surface area contributed by atoms with Gasteiger partial charge in [0.15, 0.2) is 11.0 Å². The molecule has 0 aliphatic heterocycles. The molecule has 0 amide bonds. The lowest BCUT2D eigenvalue weighted by atomic mass is 10.2. The Labute approximate surface area is 170 Å². The van der Waals surface area contributed by atoms with Gasteiger partial charge in [-0.1, -0.05) is 49.0 Å². The number of nitrogens with zero attached hydrogens (tertiary/aromatic N) is 3. The molecule has 0 saturated heterocycles. The molecule has 1 heterocycles. The lowest BCUT2D eigenvalue weighted by Gasteiger charge is -2.11. The van der Waals surface area contributed by atoms with Crippen LogP contribution >= 0.6 is 11.8 Å². The van der Waals surface area contributed by atoms with Crippen LogP contribution in [0.25, 0.3) is 11.4 Å². The SMILES string of the molecule is C=CCn1c(SCCOc2cccc(CC)c2)nnc1-c1ccccc1OC. The van der Waals surface area contributed by atoms with Gasteiger partial charge >= 0.3 is 0 Å². The van der Waals surface area contributed by atoms with Gasteiger partial charge in [0.05, 0.1) is 19.3 Å². The number of ether oxygens (including phenoxy) is 2. The molecule has 5 nitrogen and oxygen atoms in total. The van der Waals surface area contributed by atoms with Crippen molar-refractivity contribution >= 4 is 11.8 Å². The Bertz CT molecular complexity index is 924. The minimum absolute atomic E-state index is 0.600. The third-order valence-electron chi connectivity index (χ3n) is 4.27. The van der Waals surface area contributed by atoms with Crippen molar-refractivity contribution < 1.29 is 9.47 Å². The maximum atomic E-state index is 5.88. The zero-order chi connectivity index (χ0) is 19.8. The summed E-state index contributed by atoms with van der Waals surface area (Å²) < 4.78 is 13.4. The monoisotopic (exact) mass is 395 g/mol. The van der Waals surface area contributed by atoms with E-state index in [0.29, 0.717) is 13.2 Å². The second-order valence-electron chi connectivity index (χ2n) is 6.10. The standard InChI is InChI=1S/C22H25N3O2S/c1-4-13-25-21(19-11-6-7-12-20(19)26-3)23-24-22(25)28-15-14-27-18-10-8-9-17(5-2)16-18/h4,6-12,16H,1,5,13-15H2,2-3H3. The van der Waals surface area contributed by atoms with Gasteiger partial charge < -0.3 is 9.47 Å². The highest BCUT2D eigenvalue weighted by molar-refractivity contribution is 7.99. The number of thioether (sulfide) groups is 1. The number of benzene rings is 2. The minimum atomic E-state index is 0.600. The highest BCUT2D eigenvalue weighted by atomic mass is 32.2. The van der Waals surface area contributed by atoms with E-state index in [1.807, 2.05) is 47.0 Å². The van der Waals surface area contributed by atoms with E-state index in [2.05, 4.69) is 35.8 Å². The number of rotatable bonds is 10. The Kier molecular flexibility index (Phi) is 7.14. The largest absolute Gasteiger partial charge is 0.496 e. The molecule has 28 heavy (non-hydrogen) atoms. The molecule has 6 heteroatoms. The number of allylic oxidation sites excluding steroid dienone is 1. The van der Waals surface area contributed by atoms with E-state index in [1.54, 1.807) is 18.9 Å². The van der Waals surface area contributed by atoms with Gasteiger partial charge in [0, 0.05) is 12.3 Å². The normalized spacial score (nSPS) is 10.6. The summed E-state index contributed by atoms with van der Waals surface area (Å²) in [6, 6.07) is 16.0. The maximum Gasteiger partial charge on any atom is 0.191 e. The second kappa shape index (κ2) is 9.99. The number of methoxy groups -OCH3 is 1. The molecule has 0 aliphatic carbocycles. The molecule has 3 rings (SSSR count). The molecule has 1 aromatic heterocycles. The van der Waals surface area contributed by atoms with Crippen molar-refractivity contribution in [2.45, 2.75) is 25.0 Å². The van der Waals surface area contributed by atoms with Gasteiger partial charge in [-0.2, -0.15) is 0 Å². The maximum absolute atomic E-state index is 5.88. The average Bonchev–Trinajstić information content (AvgIpc) is 3.14. The summed E-state index contributed by atoms with van der Waals surface area (Å²) in [5, 5.41) is 9.61. The van der Waals surface area contributed by atoms with Gasteiger partial charge in [0.25, 0.3) is 0 Å². The number of hydrogen-bond donors (Lipinski definition) is 0. The molecule has 0 unspecified atom stereocenters. The van der Waals surface area contributed by atoms with E-state index < -0.39 is 0 Å². The first-order valence-corrected chi connectivity index (χ1v) is 10.3. The van der Waals surface area contributed by atoms with E-state index in [-0.39, 0.29) is 0 Å². The van der Waals surface area contributed by atoms with Crippen LogP contribution in [0, 0.1) is 0 Å². The molecule has 2 aromatic carbocycles. The van der Waals surface area contributed by atoms with Gasteiger partial charge in [-0.15, -0.1) is 16.8 Å². The third-order valence-corrected chi connectivity index (χ3v) is 5.20. The Morgan fingerprint density at radius 1 is 1.14 bits per heavy atom. The fraction of sp³-hybridized carbons (Fsp3) is 0.273. The Morgan fingerprint density at radius 3 is 2.79 bits per heavy atom. The molecular formula is C22H25N3O2S. The quantitative estimate of drug-likeness (QED) is 0.278. The first-order valence-electron chi connectivity index (χ1n) is 9.28. The lowest BCUT2D eigenvalue weighted by Crippen LogP contribution is -2.04. The number of aromatic nitrogens is 3. The van der Waals surface area contributed by atoms with Gasteiger partial charge in [0.1, 0.15) is 11.5 Å². The van der Waals surface area contributed by atoms with Crippen LogP contribution in [0.5, 0.6) is 11.5 Å². The van der Waals surface area contributed by atoms with E-state index in [1.165, 1.54) is 5.56 Å². The van der Waals surface area contributed by atoms with Crippen molar-refractivity contribution in [3.05, 3.63) is 66.7 Å². The number of hydrogen-bond acceptors (Lipinski definition) is 5. The smallest absolute Gasteiger partial charge is 0.191 e. The van der Waals surface area contributed by atoms with Crippen LogP contribution in [0.2, 0.25) is 0 Å². The number of aryl methyl sites for hydroxylation is 1. The highest BCUT2D eigenvalue weighted by Gasteiger charge is 2.16. The van der Waals surface area contributed by atoms with Crippen molar-refractivity contribution in [3.63, 3.8) is 0 Å². The van der Waals surface area contributed by atoms with Crippen molar-refractivity contribution in [2.75, 3.05) is 19.5 Å². The molecule has 0 aliphatic rings. The average molecular weight is 396 g/mol. The first-order chi connectivity index (χ1) is 13.8. The Morgan fingerprint density at radius 2 is 2.00 bits per heavy atom. The van der Waals surface area contributed by atoms with E-state index in [0.717, 1.165) is 40.2 Å². The minimum Gasteiger partial charge on any atom is -0.496 e. The van der Waals surface area contributed by atoms with E-state index in [4.69, 9.17) is 9.47 Å². The van der Waals surface area contributed by atoms with Crippen LogP contribution < -0.4 is 9.47 Å². The van der Waals surface area contributed by atoms with Crippen LogP contribution in [0.1, 0.15) is 12.5 Å². The molecule has 0 saturated carbocycles. The summed E-state index contributed by atoms with van der Waals surface area (Å²) in [5.74, 6) is 3.23. The van der Waals surface area contributed by atoms with Gasteiger partial charge in [-0.05, 0) is 36.2 Å². The third kappa shape index (κ3) is 4.75. The van der Waals surface area contributed by atoms with Gasteiger partial charge in [-0.3, -0.25) is 4.57 Å². The van der Waals surface area contributed by atoms with Crippen LogP contribution in [0.4, 0.5) is 0 Å². The Balaban J connectivity index is 1.68. The molecule has 0 bridgehead atoms. The zero-order valence-corrected chi connectivity index (χ0v) is 17.1. The summed E-state index contributed by atoms with van der Waals surface area (Å²) in [6.07, 6.45) is 2.85. The Hall–Kier alpha value is -2.73. The van der Waals surface area contributed by atoms with Crippen LogP contribution in [-0.4, -0.2) is 34.2 Å². The molecule has 146 valence electrons. The summed E-state index contributed by atoms with van der Waals surface area (Å²) in [4.78, 5) is 0. The summed E-state index contributed by atoms with van der Waals surface area (Å²) in [7, 11) is 1.66. The van der Waals surface area contributed by atoms with Gasteiger partial charge in [-0.25, -0.2) is 0 Å². The summed E-state index contributed by atoms with van der Waals surface area (Å²) >= 11 is 1.62. The zero-order valence-electron chi connectivity index (χ0n) is 16.3. The van der Waals surface area contributed by atoms with Crippen LogP contribution in [-0.2, 0) is 13.0 Å². The molecular weight excluding hydrogens is 370 g/mol.